The van der Waals surface area contributed by atoms with E-state index in [1.807, 2.05) is 13.1 Å². The lowest BCUT2D eigenvalue weighted by Crippen LogP contribution is -2.73. The molecule has 6 rings (SSSR count). The van der Waals surface area contributed by atoms with E-state index in [2.05, 4.69) is 18.9 Å². The maximum absolute atomic E-state index is 13.4. The van der Waals surface area contributed by atoms with Crippen LogP contribution in [0.25, 0.3) is 0 Å². The average Bonchev–Trinajstić information content (AvgIpc) is 3.21. The minimum Gasteiger partial charge on any atom is -0.504 e. The van der Waals surface area contributed by atoms with Crippen LogP contribution in [-0.2, 0) is 29.2 Å². The number of benzene rings is 2. The van der Waals surface area contributed by atoms with Crippen LogP contribution in [0.2, 0.25) is 0 Å². The predicted molar refractivity (Wildman–Crippen MR) is 133 cm³/mol. The van der Waals surface area contributed by atoms with E-state index in [0.29, 0.717) is 23.8 Å². The summed E-state index contributed by atoms with van der Waals surface area (Å²) in [5.74, 6) is 0.709. The minimum atomic E-state index is -4.37. The smallest absolute Gasteiger partial charge is 0.416 e. The highest BCUT2D eigenvalue weighted by molar-refractivity contribution is 5.77. The Bertz CT molecular complexity index is 1250. The maximum Gasteiger partial charge on any atom is 0.416 e. The third kappa shape index (κ3) is 3.37. The molecule has 1 N–H and O–H groups in total. The Kier molecular flexibility index (Phi) is 5.40. The number of phenolic OH excluding ortho intramolecular Hbond substituents is 1. The second kappa shape index (κ2) is 8.13. The molecule has 5 atom stereocenters. The Hall–Kier alpha value is -2.74. The summed E-state index contributed by atoms with van der Waals surface area (Å²) in [6.07, 6.45) is -0.427. The number of aromatic hydroxyl groups is 1. The summed E-state index contributed by atoms with van der Waals surface area (Å²) in [5.41, 5.74) is 2.11. The highest BCUT2D eigenvalue weighted by Crippen LogP contribution is 2.69. The van der Waals surface area contributed by atoms with Gasteiger partial charge >= 0.3 is 6.18 Å². The molecule has 2 aromatic rings. The molecule has 198 valence electrons. The largest absolute Gasteiger partial charge is 0.504 e. The molecule has 1 spiro atoms. The Morgan fingerprint density at radius 2 is 1.92 bits per heavy atom. The molecule has 4 aliphatic rings. The lowest BCUT2D eigenvalue weighted by Gasteiger charge is -2.65. The number of amides is 1. The molecule has 2 unspecified atom stereocenters. The first-order valence-corrected chi connectivity index (χ1v) is 13.1. The zero-order chi connectivity index (χ0) is 26.3. The van der Waals surface area contributed by atoms with Crippen LogP contribution < -0.4 is 4.74 Å². The number of rotatable bonds is 4. The number of ether oxygens (including phenoxy) is 1. The van der Waals surface area contributed by atoms with Crippen molar-refractivity contribution in [1.82, 2.24) is 9.80 Å². The molecular weight excluding hydrogens is 481 g/mol. The van der Waals surface area contributed by atoms with Crippen LogP contribution in [0, 0.1) is 5.41 Å². The van der Waals surface area contributed by atoms with E-state index in [9.17, 15) is 23.1 Å². The van der Waals surface area contributed by atoms with E-state index in [4.69, 9.17) is 4.74 Å². The van der Waals surface area contributed by atoms with Crippen molar-refractivity contribution in [2.24, 2.45) is 5.41 Å². The predicted octanol–water partition coefficient (Wildman–Crippen LogP) is 4.93. The van der Waals surface area contributed by atoms with Crippen LogP contribution >= 0.6 is 0 Å². The topological polar surface area (TPSA) is 53.0 Å². The summed E-state index contributed by atoms with van der Waals surface area (Å²) < 4.78 is 45.3. The third-order valence-electron chi connectivity index (χ3n) is 10.1. The highest BCUT2D eigenvalue weighted by Gasteiger charge is 2.71. The van der Waals surface area contributed by atoms with E-state index < -0.39 is 11.7 Å². The van der Waals surface area contributed by atoms with Gasteiger partial charge in [0.25, 0.3) is 0 Å². The van der Waals surface area contributed by atoms with Crippen LogP contribution in [0.3, 0.4) is 0 Å². The molecule has 8 heteroatoms. The van der Waals surface area contributed by atoms with Gasteiger partial charge in [-0.3, -0.25) is 4.79 Å². The van der Waals surface area contributed by atoms with Crippen molar-refractivity contribution in [2.75, 3.05) is 20.6 Å². The zero-order valence-corrected chi connectivity index (χ0v) is 21.4. The number of likely N-dealkylation sites (N-methyl/N-ethyl adjacent to an activating group) is 2. The number of aryl methyl sites for hydroxylation is 1. The van der Waals surface area contributed by atoms with Crippen molar-refractivity contribution in [3.63, 3.8) is 0 Å². The molecule has 0 radical (unpaired) electrons. The molecule has 2 aromatic carbocycles. The van der Waals surface area contributed by atoms with Gasteiger partial charge in [0.05, 0.1) is 11.6 Å². The summed E-state index contributed by atoms with van der Waals surface area (Å²) in [6.45, 7) is 3.31. The van der Waals surface area contributed by atoms with E-state index in [1.165, 1.54) is 17.7 Å². The van der Waals surface area contributed by atoms with Gasteiger partial charge in [0.2, 0.25) is 5.91 Å². The molecule has 2 aliphatic heterocycles. The maximum atomic E-state index is 13.4. The third-order valence-corrected chi connectivity index (χ3v) is 10.1. The average molecular weight is 515 g/mol. The molecule has 1 saturated heterocycles. The summed E-state index contributed by atoms with van der Waals surface area (Å²) in [5, 5.41) is 10.8. The summed E-state index contributed by atoms with van der Waals surface area (Å²) in [4.78, 5) is 17.6. The molecule has 2 heterocycles. The number of piperidine rings is 1. The Morgan fingerprint density at radius 1 is 1.19 bits per heavy atom. The Balaban J connectivity index is 1.26. The van der Waals surface area contributed by atoms with Gasteiger partial charge in [0.15, 0.2) is 11.5 Å². The van der Waals surface area contributed by atoms with Crippen molar-refractivity contribution >= 4 is 5.91 Å². The quantitative estimate of drug-likeness (QED) is 0.629. The van der Waals surface area contributed by atoms with Gasteiger partial charge in [-0.2, -0.15) is 13.2 Å². The number of carbonyl (C=O) groups is 1. The molecule has 0 aromatic heterocycles. The fourth-order valence-electron chi connectivity index (χ4n) is 8.07. The molecular formula is C29H33F3N2O3. The normalized spacial score (nSPS) is 32.0. The van der Waals surface area contributed by atoms with Gasteiger partial charge in [-0.15, -0.1) is 0 Å². The van der Waals surface area contributed by atoms with Crippen molar-refractivity contribution in [1.29, 1.82) is 0 Å². The summed E-state index contributed by atoms with van der Waals surface area (Å²) >= 11 is 0. The van der Waals surface area contributed by atoms with Gasteiger partial charge in [-0.1, -0.05) is 25.1 Å². The van der Waals surface area contributed by atoms with Crippen molar-refractivity contribution in [3.8, 4) is 11.5 Å². The number of nitrogens with zero attached hydrogens (tertiary/aromatic N) is 2. The number of hydrogen-bond donors (Lipinski definition) is 1. The molecule has 1 amide bonds. The lowest BCUT2D eigenvalue weighted by atomic mass is 9.43. The molecule has 2 bridgehead atoms. The highest BCUT2D eigenvalue weighted by atomic mass is 19.4. The van der Waals surface area contributed by atoms with Crippen molar-refractivity contribution in [3.05, 3.63) is 58.7 Å². The number of hydrogen-bond acceptors (Lipinski definition) is 4. The molecule has 1 saturated carbocycles. The standard InChI is InChI=1S/C29H33F3N2O3/c1-27-13-12-20(34(3)23(36)11-6-17-4-8-19(9-5-17)29(30,31)32)26-28(27)14-15-33(2)22(27)16-18-7-10-21(35)25(37-26)24(18)28/h4-5,7-10,20,22,26,35H,6,11-16H2,1-3H3/t20?,22-,26?,27+,28+/m1/s1. The molecule has 5 nitrogen and oxygen atoms in total. The number of likely N-dealkylation sites (tertiary alicyclic amines) is 1. The monoisotopic (exact) mass is 514 g/mol. The first-order chi connectivity index (χ1) is 17.5. The first kappa shape index (κ1) is 24.6. The van der Waals surface area contributed by atoms with Gasteiger partial charge in [-0.05, 0) is 80.4 Å². The lowest BCUT2D eigenvalue weighted by molar-refractivity contribution is -0.151. The SMILES string of the molecule is CN(C(=O)CCc1ccc(C(F)(F)F)cc1)C1CC[C@@]2(C)[C@H]3Cc4ccc(O)c5c4[C@@]2(CCN3C)C1O5. The summed E-state index contributed by atoms with van der Waals surface area (Å²) in [6, 6.07) is 9.03. The summed E-state index contributed by atoms with van der Waals surface area (Å²) in [7, 11) is 4.02. The second-order valence-electron chi connectivity index (χ2n) is 11.6. The van der Waals surface area contributed by atoms with Gasteiger partial charge < -0.3 is 19.6 Å². The van der Waals surface area contributed by atoms with Crippen LogP contribution in [0.5, 0.6) is 11.5 Å². The minimum absolute atomic E-state index is 0.0304. The first-order valence-electron chi connectivity index (χ1n) is 13.1. The number of alkyl halides is 3. The molecule has 37 heavy (non-hydrogen) atoms. The zero-order valence-electron chi connectivity index (χ0n) is 21.4. The van der Waals surface area contributed by atoms with E-state index in [0.717, 1.165) is 49.9 Å². The van der Waals surface area contributed by atoms with Crippen molar-refractivity contribution < 1.29 is 27.8 Å². The fraction of sp³-hybridized carbons (Fsp3) is 0.552. The van der Waals surface area contributed by atoms with Crippen LogP contribution in [0.4, 0.5) is 13.2 Å². The number of carbonyl (C=O) groups excluding carboxylic acids is 1. The van der Waals surface area contributed by atoms with E-state index >= 15 is 0 Å². The second-order valence-corrected chi connectivity index (χ2v) is 11.6. The number of halogens is 3. The van der Waals surface area contributed by atoms with E-state index in [1.54, 1.807) is 11.0 Å². The van der Waals surface area contributed by atoms with E-state index in [-0.39, 0.29) is 41.1 Å². The Morgan fingerprint density at radius 3 is 2.62 bits per heavy atom. The van der Waals surface area contributed by atoms with Gasteiger partial charge in [0, 0.05) is 30.5 Å². The van der Waals surface area contributed by atoms with Gasteiger partial charge in [0.1, 0.15) is 6.10 Å². The molecule has 2 fully saturated rings. The van der Waals surface area contributed by atoms with Crippen molar-refractivity contribution in [2.45, 2.75) is 75.2 Å². The Labute approximate surface area is 215 Å². The van der Waals surface area contributed by atoms with Gasteiger partial charge in [-0.25, -0.2) is 0 Å². The molecule has 2 aliphatic carbocycles. The van der Waals surface area contributed by atoms with Crippen LogP contribution in [-0.4, -0.2) is 59.6 Å². The number of phenols is 1. The fourth-order valence-corrected chi connectivity index (χ4v) is 8.07. The van der Waals surface area contributed by atoms with Crippen LogP contribution in [0.1, 0.15) is 54.9 Å². The van der Waals surface area contributed by atoms with Crippen LogP contribution in [0.15, 0.2) is 36.4 Å².